The summed E-state index contributed by atoms with van der Waals surface area (Å²) in [7, 11) is 0. The molecule has 3 unspecified atom stereocenters. The minimum atomic E-state index is 0.580. The molecule has 1 rings (SSSR count). The van der Waals surface area contributed by atoms with Gasteiger partial charge in [-0.1, -0.05) is 64.4 Å². The van der Waals surface area contributed by atoms with E-state index in [4.69, 9.17) is 0 Å². The van der Waals surface area contributed by atoms with E-state index in [2.05, 4.69) is 63.3 Å². The third-order valence-corrected chi connectivity index (χ3v) is 3.56. The van der Waals surface area contributed by atoms with Gasteiger partial charge in [0.25, 0.3) is 0 Å². The van der Waals surface area contributed by atoms with Gasteiger partial charge in [-0.2, -0.15) is 0 Å². The lowest BCUT2D eigenvalue weighted by molar-refractivity contribution is 0.332. The van der Waals surface area contributed by atoms with Crippen LogP contribution in [-0.4, -0.2) is 12.6 Å². The Morgan fingerprint density at radius 1 is 1.06 bits per heavy atom. The summed E-state index contributed by atoms with van der Waals surface area (Å²) in [6.45, 7) is 10.2. The van der Waals surface area contributed by atoms with Crippen molar-refractivity contribution in [2.75, 3.05) is 6.54 Å². The zero-order valence-electron chi connectivity index (χ0n) is 11.0. The Morgan fingerprint density at radius 3 is 2.19 bits per heavy atom. The largest absolute Gasteiger partial charge is 0.313 e. The van der Waals surface area contributed by atoms with Crippen molar-refractivity contribution in [3.63, 3.8) is 0 Å². The zero-order valence-corrected chi connectivity index (χ0v) is 11.0. The Balaban J connectivity index is 2.78. The molecule has 0 fully saturated rings. The van der Waals surface area contributed by atoms with Crippen molar-refractivity contribution in [3.8, 4) is 0 Å². The number of benzene rings is 1. The molecule has 0 radical (unpaired) electrons. The minimum Gasteiger partial charge on any atom is -0.313 e. The zero-order chi connectivity index (χ0) is 12.0. The summed E-state index contributed by atoms with van der Waals surface area (Å²) < 4.78 is 0. The monoisotopic (exact) mass is 219 g/mol. The summed E-state index contributed by atoms with van der Waals surface area (Å²) in [5.74, 6) is 1.30. The predicted molar refractivity (Wildman–Crippen MR) is 71.8 cm³/mol. The maximum absolute atomic E-state index is 3.63. The van der Waals surface area contributed by atoms with Crippen LogP contribution in [0.4, 0.5) is 0 Å². The standard InChI is InChI=1S/C15H25N/c1-5-12(3)15(16-6-2)13(4)14-10-8-7-9-11-14/h7-13,15-16H,5-6H2,1-4H3. The van der Waals surface area contributed by atoms with Crippen LogP contribution in [0.3, 0.4) is 0 Å². The molecular weight excluding hydrogens is 194 g/mol. The number of likely N-dealkylation sites (N-methyl/N-ethyl adjacent to an activating group) is 1. The quantitative estimate of drug-likeness (QED) is 0.767. The molecule has 0 amide bonds. The van der Waals surface area contributed by atoms with Crippen molar-refractivity contribution < 1.29 is 0 Å². The molecule has 0 bridgehead atoms. The Bertz CT molecular complexity index is 281. The van der Waals surface area contributed by atoms with Crippen LogP contribution in [0.5, 0.6) is 0 Å². The second-order valence-corrected chi connectivity index (χ2v) is 4.67. The lowest BCUT2D eigenvalue weighted by Gasteiger charge is -2.30. The van der Waals surface area contributed by atoms with Gasteiger partial charge in [-0.25, -0.2) is 0 Å². The van der Waals surface area contributed by atoms with Gasteiger partial charge >= 0.3 is 0 Å². The van der Waals surface area contributed by atoms with Crippen molar-refractivity contribution >= 4 is 0 Å². The highest BCUT2D eigenvalue weighted by Gasteiger charge is 2.22. The van der Waals surface area contributed by atoms with Gasteiger partial charge in [0.2, 0.25) is 0 Å². The van der Waals surface area contributed by atoms with E-state index in [1.165, 1.54) is 12.0 Å². The molecule has 90 valence electrons. The van der Waals surface area contributed by atoms with Gasteiger partial charge in [-0.15, -0.1) is 0 Å². The van der Waals surface area contributed by atoms with Gasteiger partial charge in [-0.3, -0.25) is 0 Å². The van der Waals surface area contributed by atoms with Gasteiger partial charge in [0, 0.05) is 6.04 Å². The molecule has 3 atom stereocenters. The van der Waals surface area contributed by atoms with E-state index in [9.17, 15) is 0 Å². The van der Waals surface area contributed by atoms with Crippen LogP contribution >= 0.6 is 0 Å². The van der Waals surface area contributed by atoms with Crippen LogP contribution < -0.4 is 5.32 Å². The van der Waals surface area contributed by atoms with Crippen molar-refractivity contribution in [1.29, 1.82) is 0 Å². The first-order chi connectivity index (χ1) is 7.70. The first-order valence-corrected chi connectivity index (χ1v) is 6.49. The minimum absolute atomic E-state index is 0.580. The molecule has 0 aliphatic carbocycles. The van der Waals surface area contributed by atoms with Crippen LogP contribution in [0.15, 0.2) is 30.3 Å². The summed E-state index contributed by atoms with van der Waals surface area (Å²) in [6, 6.07) is 11.4. The molecular formula is C15H25N. The summed E-state index contributed by atoms with van der Waals surface area (Å²) in [4.78, 5) is 0. The Labute approximate surface area is 100 Å². The summed E-state index contributed by atoms with van der Waals surface area (Å²) in [6.07, 6.45) is 1.23. The van der Waals surface area contributed by atoms with Gasteiger partial charge in [-0.05, 0) is 23.9 Å². The first-order valence-electron chi connectivity index (χ1n) is 6.49. The maximum atomic E-state index is 3.63. The molecule has 1 heteroatoms. The maximum Gasteiger partial charge on any atom is 0.0158 e. The lowest BCUT2D eigenvalue weighted by atomic mass is 9.84. The fourth-order valence-corrected chi connectivity index (χ4v) is 2.32. The Hall–Kier alpha value is -0.820. The van der Waals surface area contributed by atoms with E-state index in [0.29, 0.717) is 12.0 Å². The van der Waals surface area contributed by atoms with Crippen LogP contribution in [0.25, 0.3) is 0 Å². The summed E-state index contributed by atoms with van der Waals surface area (Å²) in [5, 5.41) is 3.63. The van der Waals surface area contributed by atoms with Crippen LogP contribution in [0.1, 0.15) is 45.6 Å². The fourth-order valence-electron chi connectivity index (χ4n) is 2.32. The van der Waals surface area contributed by atoms with Crippen LogP contribution in [-0.2, 0) is 0 Å². The highest BCUT2D eigenvalue weighted by Crippen LogP contribution is 2.25. The van der Waals surface area contributed by atoms with Crippen molar-refractivity contribution in [3.05, 3.63) is 35.9 Å². The molecule has 1 aromatic carbocycles. The SMILES string of the molecule is CCNC(C(C)CC)C(C)c1ccccc1. The Kier molecular flexibility index (Phi) is 5.54. The number of nitrogens with one attached hydrogen (secondary N) is 1. The van der Waals surface area contributed by atoms with Crippen molar-refractivity contribution in [1.82, 2.24) is 5.32 Å². The predicted octanol–water partition coefficient (Wildman–Crippen LogP) is 3.81. The van der Waals surface area contributed by atoms with E-state index < -0.39 is 0 Å². The molecule has 0 aliphatic rings. The number of rotatable bonds is 6. The van der Waals surface area contributed by atoms with E-state index in [-0.39, 0.29) is 0 Å². The average Bonchev–Trinajstić information content (AvgIpc) is 2.35. The van der Waals surface area contributed by atoms with Crippen molar-refractivity contribution in [2.45, 2.75) is 46.1 Å². The average molecular weight is 219 g/mol. The highest BCUT2D eigenvalue weighted by atomic mass is 14.9. The summed E-state index contributed by atoms with van der Waals surface area (Å²) >= 11 is 0. The van der Waals surface area contributed by atoms with Gasteiger partial charge in [0.15, 0.2) is 0 Å². The third kappa shape index (κ3) is 3.34. The normalized spacial score (nSPS) is 16.8. The lowest BCUT2D eigenvalue weighted by Crippen LogP contribution is -2.38. The van der Waals surface area contributed by atoms with Crippen LogP contribution in [0.2, 0.25) is 0 Å². The highest BCUT2D eigenvalue weighted by molar-refractivity contribution is 5.20. The molecule has 1 nitrogen and oxygen atoms in total. The van der Waals surface area contributed by atoms with Gasteiger partial charge in [0.1, 0.15) is 0 Å². The molecule has 0 heterocycles. The Morgan fingerprint density at radius 2 is 1.69 bits per heavy atom. The van der Waals surface area contributed by atoms with E-state index in [1.54, 1.807) is 0 Å². The molecule has 1 N–H and O–H groups in total. The molecule has 0 spiro atoms. The molecule has 0 aromatic heterocycles. The second-order valence-electron chi connectivity index (χ2n) is 4.67. The van der Waals surface area contributed by atoms with E-state index in [1.807, 2.05) is 0 Å². The third-order valence-electron chi connectivity index (χ3n) is 3.56. The van der Waals surface area contributed by atoms with Crippen LogP contribution in [0, 0.1) is 5.92 Å². The van der Waals surface area contributed by atoms with E-state index >= 15 is 0 Å². The molecule has 0 saturated heterocycles. The number of hydrogen-bond acceptors (Lipinski definition) is 1. The van der Waals surface area contributed by atoms with Crippen molar-refractivity contribution in [2.24, 2.45) is 5.92 Å². The summed E-state index contributed by atoms with van der Waals surface area (Å²) in [5.41, 5.74) is 1.44. The van der Waals surface area contributed by atoms with Gasteiger partial charge in [0.05, 0.1) is 0 Å². The molecule has 16 heavy (non-hydrogen) atoms. The van der Waals surface area contributed by atoms with E-state index in [0.717, 1.165) is 12.5 Å². The molecule has 0 aliphatic heterocycles. The first kappa shape index (κ1) is 13.2. The van der Waals surface area contributed by atoms with Gasteiger partial charge < -0.3 is 5.32 Å². The smallest absolute Gasteiger partial charge is 0.0158 e. The molecule has 1 aromatic rings. The molecule has 0 saturated carbocycles. The number of hydrogen-bond donors (Lipinski definition) is 1. The topological polar surface area (TPSA) is 12.0 Å². The fraction of sp³-hybridized carbons (Fsp3) is 0.600. The second kappa shape index (κ2) is 6.70.